The fourth-order valence-corrected chi connectivity index (χ4v) is 2.27. The fraction of sp³-hybridized carbons (Fsp3) is 0.727. The molecule has 2 rings (SSSR count). The lowest BCUT2D eigenvalue weighted by Gasteiger charge is -2.39. The van der Waals surface area contributed by atoms with E-state index < -0.39 is 6.03 Å². The topological polar surface area (TPSA) is 81.8 Å². The van der Waals surface area contributed by atoms with Crippen LogP contribution >= 0.6 is 12.4 Å². The molecule has 0 aliphatic carbocycles. The predicted octanol–water partition coefficient (Wildman–Crippen LogP) is -0.831. The molecule has 2 atom stereocenters. The Morgan fingerprint density at radius 1 is 1.37 bits per heavy atom. The first kappa shape index (κ1) is 15.7. The molecular weight excluding hydrogens is 272 g/mol. The highest BCUT2D eigenvalue weighted by molar-refractivity contribution is 6.03. The predicted molar refractivity (Wildman–Crippen MR) is 71.0 cm³/mol. The molecule has 4 amide bonds. The Morgan fingerprint density at radius 2 is 2.05 bits per heavy atom. The minimum absolute atomic E-state index is 0. The Balaban J connectivity index is 0.00000180. The number of urea groups is 1. The van der Waals surface area contributed by atoms with Crippen molar-refractivity contribution in [2.24, 2.45) is 0 Å². The second kappa shape index (κ2) is 6.21. The third-order valence-corrected chi connectivity index (χ3v) is 3.55. The Labute approximate surface area is 118 Å². The minimum Gasteiger partial charge on any atom is -0.336 e. The number of nitrogens with one attached hydrogen (secondary N) is 2. The lowest BCUT2D eigenvalue weighted by atomic mass is 10.1. The van der Waals surface area contributed by atoms with Gasteiger partial charge in [-0.1, -0.05) is 0 Å². The molecule has 2 unspecified atom stereocenters. The number of carbonyl (C=O) groups excluding carboxylic acids is 3. The number of nitrogens with zero attached hydrogens (tertiary/aromatic N) is 2. The highest BCUT2D eigenvalue weighted by Crippen LogP contribution is 2.10. The van der Waals surface area contributed by atoms with Gasteiger partial charge in [0, 0.05) is 25.2 Å². The zero-order chi connectivity index (χ0) is 13.3. The number of hydrogen-bond acceptors (Lipinski definition) is 4. The van der Waals surface area contributed by atoms with Gasteiger partial charge in [0.05, 0.1) is 0 Å². The number of amides is 4. The van der Waals surface area contributed by atoms with Gasteiger partial charge in [0.1, 0.15) is 13.1 Å². The normalized spacial score (nSPS) is 27.1. The highest BCUT2D eigenvalue weighted by atomic mass is 35.5. The average Bonchev–Trinajstić information content (AvgIpc) is 2.61. The Hall–Kier alpha value is -1.34. The van der Waals surface area contributed by atoms with Gasteiger partial charge in [0.2, 0.25) is 11.8 Å². The average molecular weight is 291 g/mol. The molecule has 2 heterocycles. The summed E-state index contributed by atoms with van der Waals surface area (Å²) in [5, 5.41) is 5.45. The molecule has 0 aromatic carbocycles. The zero-order valence-corrected chi connectivity index (χ0v) is 11.8. The summed E-state index contributed by atoms with van der Waals surface area (Å²) < 4.78 is 0. The smallest absolute Gasteiger partial charge is 0.325 e. The van der Waals surface area contributed by atoms with Crippen molar-refractivity contribution in [3.05, 3.63) is 0 Å². The number of rotatable bonds is 2. The molecule has 2 aliphatic heterocycles. The van der Waals surface area contributed by atoms with Crippen LogP contribution in [0.25, 0.3) is 0 Å². The van der Waals surface area contributed by atoms with Crippen molar-refractivity contribution in [3.8, 4) is 0 Å². The van der Waals surface area contributed by atoms with Crippen LogP contribution in [0.3, 0.4) is 0 Å². The van der Waals surface area contributed by atoms with Gasteiger partial charge in [0.25, 0.3) is 0 Å². The van der Waals surface area contributed by atoms with Gasteiger partial charge in [0.15, 0.2) is 0 Å². The third kappa shape index (κ3) is 3.36. The first-order valence-electron chi connectivity index (χ1n) is 6.10. The van der Waals surface area contributed by atoms with Crippen LogP contribution in [0.4, 0.5) is 4.79 Å². The van der Waals surface area contributed by atoms with Crippen LogP contribution < -0.4 is 10.6 Å². The van der Waals surface area contributed by atoms with Crippen molar-refractivity contribution >= 4 is 30.3 Å². The number of hydrogen-bond donors (Lipinski definition) is 2. The largest absolute Gasteiger partial charge is 0.336 e. The van der Waals surface area contributed by atoms with E-state index in [0.717, 1.165) is 6.54 Å². The van der Waals surface area contributed by atoms with E-state index >= 15 is 0 Å². The summed E-state index contributed by atoms with van der Waals surface area (Å²) in [5.74, 6) is -0.463. The molecule has 7 nitrogen and oxygen atoms in total. The van der Waals surface area contributed by atoms with Crippen molar-refractivity contribution in [1.29, 1.82) is 0 Å². The van der Waals surface area contributed by atoms with E-state index in [-0.39, 0.29) is 49.4 Å². The molecule has 2 fully saturated rings. The fourth-order valence-electron chi connectivity index (χ4n) is 2.27. The minimum atomic E-state index is -0.482. The van der Waals surface area contributed by atoms with E-state index in [4.69, 9.17) is 0 Å². The molecule has 2 N–H and O–H groups in total. The Kier molecular flexibility index (Phi) is 5.13. The van der Waals surface area contributed by atoms with Crippen molar-refractivity contribution in [2.45, 2.75) is 25.9 Å². The van der Waals surface area contributed by atoms with Gasteiger partial charge < -0.3 is 15.1 Å². The summed E-state index contributed by atoms with van der Waals surface area (Å²) >= 11 is 0. The van der Waals surface area contributed by atoms with E-state index in [1.807, 2.05) is 13.8 Å². The van der Waals surface area contributed by atoms with Crippen molar-refractivity contribution < 1.29 is 14.4 Å². The second-order valence-corrected chi connectivity index (χ2v) is 4.78. The van der Waals surface area contributed by atoms with Crippen LogP contribution in [-0.2, 0) is 9.59 Å². The third-order valence-electron chi connectivity index (χ3n) is 3.55. The Morgan fingerprint density at radius 3 is 2.63 bits per heavy atom. The highest BCUT2D eigenvalue weighted by Gasteiger charge is 2.33. The molecule has 8 heteroatoms. The maximum Gasteiger partial charge on any atom is 0.325 e. The SMILES string of the molecule is CC1NCCN(C(=O)CN2CC(=O)NC2=O)C1C.Cl. The number of piperazine rings is 1. The van der Waals surface area contributed by atoms with Crippen molar-refractivity contribution in [1.82, 2.24) is 20.4 Å². The summed E-state index contributed by atoms with van der Waals surface area (Å²) in [4.78, 5) is 37.5. The quantitative estimate of drug-likeness (QED) is 0.651. The number of imide groups is 1. The summed E-state index contributed by atoms with van der Waals surface area (Å²) in [6, 6.07) is -0.159. The first-order valence-corrected chi connectivity index (χ1v) is 6.10. The van der Waals surface area contributed by atoms with Crippen LogP contribution in [0.15, 0.2) is 0 Å². The second-order valence-electron chi connectivity index (χ2n) is 4.78. The molecule has 19 heavy (non-hydrogen) atoms. The summed E-state index contributed by atoms with van der Waals surface area (Å²) in [6.45, 7) is 5.32. The van der Waals surface area contributed by atoms with Gasteiger partial charge in [-0.15, -0.1) is 12.4 Å². The molecule has 0 saturated carbocycles. The van der Waals surface area contributed by atoms with E-state index in [1.54, 1.807) is 4.90 Å². The first-order chi connectivity index (χ1) is 8.49. The van der Waals surface area contributed by atoms with E-state index in [2.05, 4.69) is 10.6 Å². The molecular formula is C11H19ClN4O3. The van der Waals surface area contributed by atoms with Gasteiger partial charge >= 0.3 is 6.03 Å². The molecule has 0 spiro atoms. The molecule has 0 bridgehead atoms. The molecule has 0 aromatic heterocycles. The molecule has 0 radical (unpaired) electrons. The van der Waals surface area contributed by atoms with Crippen LogP contribution in [0.5, 0.6) is 0 Å². The summed E-state index contributed by atoms with van der Waals surface area (Å²) in [7, 11) is 0. The monoisotopic (exact) mass is 290 g/mol. The van der Waals surface area contributed by atoms with Crippen LogP contribution in [0.2, 0.25) is 0 Å². The van der Waals surface area contributed by atoms with E-state index in [1.165, 1.54) is 4.90 Å². The summed E-state index contributed by atoms with van der Waals surface area (Å²) in [6.07, 6.45) is 0. The van der Waals surface area contributed by atoms with Gasteiger partial charge in [-0.3, -0.25) is 14.9 Å². The molecule has 0 aromatic rings. The number of halogens is 1. The van der Waals surface area contributed by atoms with Crippen molar-refractivity contribution in [2.75, 3.05) is 26.2 Å². The van der Waals surface area contributed by atoms with Crippen molar-refractivity contribution in [3.63, 3.8) is 0 Å². The maximum atomic E-state index is 12.1. The van der Waals surface area contributed by atoms with E-state index in [9.17, 15) is 14.4 Å². The van der Waals surface area contributed by atoms with Crippen LogP contribution in [-0.4, -0.2) is 65.9 Å². The maximum absolute atomic E-state index is 12.1. The summed E-state index contributed by atoms with van der Waals surface area (Å²) in [5.41, 5.74) is 0. The lowest BCUT2D eigenvalue weighted by Crippen LogP contribution is -2.58. The lowest BCUT2D eigenvalue weighted by molar-refractivity contribution is -0.135. The molecule has 108 valence electrons. The standard InChI is InChI=1S/C11H18N4O3.ClH/c1-7-8(2)15(4-3-12-7)10(17)6-14-5-9(16)13-11(14)18;/h7-8,12H,3-6H2,1-2H3,(H,13,16,18);1H. The zero-order valence-electron chi connectivity index (χ0n) is 11.0. The van der Waals surface area contributed by atoms with Crippen LogP contribution in [0, 0.1) is 0 Å². The van der Waals surface area contributed by atoms with Gasteiger partial charge in [-0.25, -0.2) is 4.79 Å². The van der Waals surface area contributed by atoms with Crippen LogP contribution in [0.1, 0.15) is 13.8 Å². The van der Waals surface area contributed by atoms with E-state index in [0.29, 0.717) is 6.54 Å². The molecule has 2 aliphatic rings. The number of carbonyl (C=O) groups is 3. The Bertz CT molecular complexity index is 390. The van der Waals surface area contributed by atoms with Gasteiger partial charge in [-0.2, -0.15) is 0 Å². The molecule has 2 saturated heterocycles. The van der Waals surface area contributed by atoms with Gasteiger partial charge in [-0.05, 0) is 13.8 Å².